The summed E-state index contributed by atoms with van der Waals surface area (Å²) in [5, 5.41) is 6.98. The molecular formula is C28H28N6O2S. The van der Waals surface area contributed by atoms with Gasteiger partial charge in [-0.1, -0.05) is 24.3 Å². The zero-order valence-electron chi connectivity index (χ0n) is 20.7. The number of rotatable bonds is 8. The van der Waals surface area contributed by atoms with Gasteiger partial charge in [-0.3, -0.25) is 9.78 Å². The molecule has 0 unspecified atom stereocenters. The zero-order chi connectivity index (χ0) is 25.8. The number of amides is 1. The Hall–Kier alpha value is -4.24. The van der Waals surface area contributed by atoms with E-state index in [4.69, 9.17) is 17.0 Å². The van der Waals surface area contributed by atoms with E-state index in [1.54, 1.807) is 13.3 Å². The number of ether oxygens (including phenoxy) is 1. The third-order valence-electron chi connectivity index (χ3n) is 6.38. The lowest BCUT2D eigenvalue weighted by Crippen LogP contribution is -2.33. The maximum Gasteiger partial charge on any atom is 0.226 e. The Morgan fingerprint density at radius 3 is 2.68 bits per heavy atom. The number of pyridine rings is 2. The highest BCUT2D eigenvalue weighted by Crippen LogP contribution is 2.39. The highest BCUT2D eigenvalue weighted by atomic mass is 32.1. The molecule has 9 heteroatoms. The zero-order valence-corrected chi connectivity index (χ0v) is 21.5. The third-order valence-corrected chi connectivity index (χ3v) is 6.74. The van der Waals surface area contributed by atoms with E-state index in [0.717, 1.165) is 22.8 Å². The highest BCUT2D eigenvalue weighted by Gasteiger charge is 2.41. The molecule has 0 saturated carbocycles. The van der Waals surface area contributed by atoms with Gasteiger partial charge in [0, 0.05) is 37.3 Å². The first-order valence-electron chi connectivity index (χ1n) is 12.1. The molecule has 0 bridgehead atoms. The van der Waals surface area contributed by atoms with Gasteiger partial charge in [0.2, 0.25) is 5.91 Å². The molecule has 37 heavy (non-hydrogen) atoms. The second-order valence-corrected chi connectivity index (χ2v) is 9.20. The molecule has 188 valence electrons. The van der Waals surface area contributed by atoms with Crippen LogP contribution >= 0.6 is 12.2 Å². The van der Waals surface area contributed by atoms with Crippen molar-refractivity contribution < 1.29 is 9.53 Å². The fourth-order valence-corrected chi connectivity index (χ4v) is 4.93. The number of aromatic nitrogens is 3. The van der Waals surface area contributed by atoms with Gasteiger partial charge in [0.1, 0.15) is 11.6 Å². The smallest absolute Gasteiger partial charge is 0.226 e. The molecule has 2 N–H and O–H groups in total. The minimum absolute atomic E-state index is 0.122. The summed E-state index contributed by atoms with van der Waals surface area (Å²) in [7, 11) is 1.58. The Morgan fingerprint density at radius 2 is 1.92 bits per heavy atom. The largest absolute Gasteiger partial charge is 0.495 e. The van der Waals surface area contributed by atoms with Crippen LogP contribution in [0.4, 0.5) is 5.69 Å². The van der Waals surface area contributed by atoms with E-state index in [-0.39, 0.29) is 24.4 Å². The summed E-state index contributed by atoms with van der Waals surface area (Å²) in [4.78, 5) is 24.2. The molecule has 1 saturated heterocycles. The van der Waals surface area contributed by atoms with Crippen LogP contribution in [0, 0.1) is 6.92 Å². The van der Waals surface area contributed by atoms with Crippen LogP contribution in [0.1, 0.15) is 35.5 Å². The van der Waals surface area contributed by atoms with Crippen molar-refractivity contribution in [3.8, 4) is 11.6 Å². The Bertz CT molecular complexity index is 1390. The van der Waals surface area contributed by atoms with E-state index in [0.29, 0.717) is 23.1 Å². The van der Waals surface area contributed by atoms with Crippen molar-refractivity contribution in [2.24, 2.45) is 0 Å². The average Bonchev–Trinajstić information content (AvgIpc) is 3.53. The Morgan fingerprint density at radius 1 is 1.08 bits per heavy atom. The van der Waals surface area contributed by atoms with Crippen LogP contribution < -0.4 is 15.4 Å². The van der Waals surface area contributed by atoms with Gasteiger partial charge >= 0.3 is 0 Å². The van der Waals surface area contributed by atoms with Gasteiger partial charge in [-0.25, -0.2) is 4.98 Å². The van der Waals surface area contributed by atoms with Crippen molar-refractivity contribution >= 4 is 28.9 Å². The van der Waals surface area contributed by atoms with Gasteiger partial charge in [-0.15, -0.1) is 0 Å². The molecule has 3 aromatic heterocycles. The number of hydrogen-bond donors (Lipinski definition) is 2. The summed E-state index contributed by atoms with van der Waals surface area (Å²) in [5.41, 5.74) is 3.61. The minimum Gasteiger partial charge on any atom is -0.495 e. The number of anilines is 1. The van der Waals surface area contributed by atoms with Crippen LogP contribution in [0.2, 0.25) is 0 Å². The van der Waals surface area contributed by atoms with E-state index < -0.39 is 0 Å². The van der Waals surface area contributed by atoms with Crippen molar-refractivity contribution in [3.05, 3.63) is 102 Å². The fraction of sp³-hybridized carbons (Fsp3) is 0.214. The second kappa shape index (κ2) is 10.8. The lowest BCUT2D eigenvalue weighted by Gasteiger charge is -2.28. The Balaban J connectivity index is 1.43. The summed E-state index contributed by atoms with van der Waals surface area (Å²) < 4.78 is 7.43. The van der Waals surface area contributed by atoms with Crippen molar-refractivity contribution in [3.63, 3.8) is 0 Å². The molecule has 0 aliphatic carbocycles. The first-order valence-corrected chi connectivity index (χ1v) is 12.5. The van der Waals surface area contributed by atoms with E-state index >= 15 is 0 Å². The van der Waals surface area contributed by atoms with E-state index in [2.05, 4.69) is 36.1 Å². The summed E-state index contributed by atoms with van der Waals surface area (Å²) in [6.45, 7) is 2.44. The predicted octanol–water partition coefficient (Wildman–Crippen LogP) is 4.59. The number of aryl methyl sites for hydroxylation is 1. The summed E-state index contributed by atoms with van der Waals surface area (Å²) in [5.74, 6) is 1.31. The summed E-state index contributed by atoms with van der Waals surface area (Å²) in [6.07, 6.45) is 5.87. The van der Waals surface area contributed by atoms with Gasteiger partial charge < -0.3 is 24.8 Å². The molecule has 1 amide bonds. The topological polar surface area (TPSA) is 84.3 Å². The number of nitrogens with one attached hydrogen (secondary N) is 2. The fourth-order valence-electron chi connectivity index (χ4n) is 4.60. The molecule has 1 aliphatic heterocycles. The molecular weight excluding hydrogens is 484 g/mol. The highest BCUT2D eigenvalue weighted by molar-refractivity contribution is 7.80. The van der Waals surface area contributed by atoms with Gasteiger partial charge in [0.25, 0.3) is 0 Å². The molecule has 4 aromatic rings. The van der Waals surface area contributed by atoms with Crippen LogP contribution in [-0.2, 0) is 4.79 Å². The molecule has 4 heterocycles. The van der Waals surface area contributed by atoms with Gasteiger partial charge in [-0.2, -0.15) is 0 Å². The molecule has 1 aliphatic rings. The summed E-state index contributed by atoms with van der Waals surface area (Å²) in [6, 6.07) is 20.9. The first kappa shape index (κ1) is 24.5. The minimum atomic E-state index is -0.195. The maximum absolute atomic E-state index is 12.9. The number of nitrogens with zero attached hydrogens (tertiary/aromatic N) is 4. The van der Waals surface area contributed by atoms with Gasteiger partial charge in [0.05, 0.1) is 30.6 Å². The number of methoxy groups -OCH3 is 1. The quantitative estimate of drug-likeness (QED) is 0.334. The maximum atomic E-state index is 12.9. The number of benzene rings is 1. The number of thiocarbonyl (C=S) groups is 1. The summed E-state index contributed by atoms with van der Waals surface area (Å²) >= 11 is 5.78. The van der Waals surface area contributed by atoms with Crippen molar-refractivity contribution in [1.82, 2.24) is 24.8 Å². The van der Waals surface area contributed by atoms with Crippen LogP contribution in [0.5, 0.6) is 5.75 Å². The van der Waals surface area contributed by atoms with Gasteiger partial charge in [0.15, 0.2) is 5.11 Å². The van der Waals surface area contributed by atoms with Crippen LogP contribution in [0.25, 0.3) is 5.82 Å². The SMILES string of the molecule is COc1ccccc1NC(=O)CCN1C(=S)N[C@H](c2ccccn2)[C@@H]1c1cccn1-c1ccc(C)cn1. The van der Waals surface area contributed by atoms with Crippen molar-refractivity contribution in [2.45, 2.75) is 25.4 Å². The molecule has 2 atom stereocenters. The lowest BCUT2D eigenvalue weighted by molar-refractivity contribution is -0.116. The van der Waals surface area contributed by atoms with E-state index in [9.17, 15) is 4.79 Å². The van der Waals surface area contributed by atoms with Crippen molar-refractivity contribution in [1.29, 1.82) is 0 Å². The number of hydrogen-bond acceptors (Lipinski definition) is 5. The lowest BCUT2D eigenvalue weighted by atomic mass is 10.0. The Kier molecular flexibility index (Phi) is 7.14. The molecule has 1 fully saturated rings. The van der Waals surface area contributed by atoms with Crippen molar-refractivity contribution in [2.75, 3.05) is 19.0 Å². The molecule has 1 aromatic carbocycles. The number of para-hydroxylation sites is 2. The van der Waals surface area contributed by atoms with E-state index in [1.165, 1.54) is 0 Å². The van der Waals surface area contributed by atoms with Crippen LogP contribution in [0.15, 0.2) is 85.3 Å². The molecule has 0 radical (unpaired) electrons. The predicted molar refractivity (Wildman–Crippen MR) is 147 cm³/mol. The van der Waals surface area contributed by atoms with E-state index in [1.807, 2.05) is 80.0 Å². The molecule has 0 spiro atoms. The Labute approximate surface area is 221 Å². The first-order chi connectivity index (χ1) is 18.0. The normalized spacial score (nSPS) is 16.9. The second-order valence-electron chi connectivity index (χ2n) is 8.82. The number of carbonyl (C=O) groups excluding carboxylic acids is 1. The third kappa shape index (κ3) is 5.17. The van der Waals surface area contributed by atoms with Crippen LogP contribution in [0.3, 0.4) is 0 Å². The monoisotopic (exact) mass is 512 g/mol. The molecule has 5 rings (SSSR count). The molecule has 8 nitrogen and oxygen atoms in total. The van der Waals surface area contributed by atoms with Crippen LogP contribution in [-0.4, -0.2) is 44.1 Å². The standard InChI is InChI=1S/C28H28N6O2S/c1-19-12-13-24(30-18-19)33-16-7-10-22(33)27-26(21-9-5-6-15-29-21)32-28(37)34(27)17-14-25(35)31-20-8-3-4-11-23(20)36-2/h3-13,15-16,18,26-27H,14,17H2,1-2H3,(H,31,35)(H,32,37)/t26-,27+/m1/s1. The average molecular weight is 513 g/mol. The number of carbonyl (C=O) groups is 1. The van der Waals surface area contributed by atoms with Gasteiger partial charge in [-0.05, 0) is 67.2 Å².